The molecule has 4 rings (SSSR count). The number of sulfonamides is 1. The highest BCUT2D eigenvalue weighted by molar-refractivity contribution is 9.10. The summed E-state index contributed by atoms with van der Waals surface area (Å²) in [5.74, 6) is -0.883. The molecule has 1 unspecified atom stereocenters. The maximum atomic E-state index is 14.1. The Labute approximate surface area is 266 Å². The monoisotopic (exact) mass is 693 g/mol. The number of nitrogens with one attached hydrogen (secondary N) is 1. The Kier molecular flexibility index (Phi) is 11.0. The fraction of sp³-hybridized carbons (Fsp3) is 0.355. The third-order valence-corrected chi connectivity index (χ3v) is 10.5. The van der Waals surface area contributed by atoms with E-state index in [0.29, 0.717) is 21.3 Å². The number of rotatable bonds is 10. The minimum absolute atomic E-state index is 0.0377. The summed E-state index contributed by atoms with van der Waals surface area (Å²) in [5, 5.41) is 3.78. The first kappa shape index (κ1) is 32.3. The first-order valence-corrected chi connectivity index (χ1v) is 16.8. The molecule has 1 aliphatic rings. The van der Waals surface area contributed by atoms with Crippen molar-refractivity contribution in [2.45, 2.75) is 69.5 Å². The number of hydrogen-bond acceptors (Lipinski definition) is 4. The molecule has 0 radical (unpaired) electrons. The van der Waals surface area contributed by atoms with Gasteiger partial charge in [-0.25, -0.2) is 8.42 Å². The van der Waals surface area contributed by atoms with Crippen LogP contribution in [0, 0.1) is 6.92 Å². The van der Waals surface area contributed by atoms with Crippen molar-refractivity contribution in [3.05, 3.63) is 92.4 Å². The number of hydrogen-bond donors (Lipinski definition) is 1. The first-order chi connectivity index (χ1) is 20.0. The summed E-state index contributed by atoms with van der Waals surface area (Å²) in [7, 11) is -4.15. The average molecular weight is 696 g/mol. The fourth-order valence-corrected chi connectivity index (χ4v) is 7.17. The number of anilines is 1. The molecular formula is C31H34BrCl2N3O4S. The van der Waals surface area contributed by atoms with Crippen LogP contribution in [0.1, 0.15) is 50.2 Å². The third-order valence-electron chi connectivity index (χ3n) is 7.51. The Balaban J connectivity index is 1.70. The lowest BCUT2D eigenvalue weighted by molar-refractivity contribution is -0.139. The van der Waals surface area contributed by atoms with E-state index in [1.54, 1.807) is 61.5 Å². The molecule has 1 fully saturated rings. The second-order valence-electron chi connectivity index (χ2n) is 10.5. The van der Waals surface area contributed by atoms with Crippen molar-refractivity contribution in [3.8, 4) is 0 Å². The van der Waals surface area contributed by atoms with Crippen molar-refractivity contribution in [2.75, 3.05) is 10.8 Å². The largest absolute Gasteiger partial charge is 0.352 e. The van der Waals surface area contributed by atoms with Crippen molar-refractivity contribution in [1.29, 1.82) is 0 Å². The molecule has 0 aromatic heterocycles. The van der Waals surface area contributed by atoms with Crippen LogP contribution >= 0.6 is 39.1 Å². The van der Waals surface area contributed by atoms with Gasteiger partial charge >= 0.3 is 0 Å². The van der Waals surface area contributed by atoms with Gasteiger partial charge in [-0.1, -0.05) is 82.2 Å². The van der Waals surface area contributed by atoms with E-state index in [0.717, 1.165) is 46.4 Å². The summed E-state index contributed by atoms with van der Waals surface area (Å²) in [6.45, 7) is 2.89. The fourth-order valence-electron chi connectivity index (χ4n) is 4.98. The molecular weight excluding hydrogens is 661 g/mol. The van der Waals surface area contributed by atoms with Crippen molar-refractivity contribution >= 4 is 66.7 Å². The molecule has 1 N–H and O–H groups in total. The maximum absolute atomic E-state index is 14.1. The van der Waals surface area contributed by atoms with Crippen LogP contribution < -0.4 is 9.62 Å². The molecule has 1 aliphatic carbocycles. The molecule has 1 saturated carbocycles. The van der Waals surface area contributed by atoms with E-state index < -0.39 is 28.5 Å². The molecule has 11 heteroatoms. The zero-order valence-electron chi connectivity index (χ0n) is 23.5. The number of carbonyl (C=O) groups excluding carboxylic acids is 2. The van der Waals surface area contributed by atoms with E-state index in [4.69, 9.17) is 23.2 Å². The van der Waals surface area contributed by atoms with Gasteiger partial charge < -0.3 is 10.2 Å². The number of aryl methyl sites for hydroxylation is 1. The SMILES string of the molecule is Cc1ccc(S(=O)(=O)N(CC(=O)N(Cc2c(Cl)cccc2Cl)C(C)C(=O)NC2CCCCC2)c2ccc(Br)cc2)cc1. The molecule has 7 nitrogen and oxygen atoms in total. The Morgan fingerprint density at radius 1 is 0.952 bits per heavy atom. The number of amides is 2. The van der Waals surface area contributed by atoms with E-state index >= 15 is 0 Å². The molecule has 0 bridgehead atoms. The third kappa shape index (κ3) is 7.86. The predicted molar refractivity (Wildman–Crippen MR) is 171 cm³/mol. The standard InChI is InChI=1S/C31H34BrCl2N3O4S/c1-21-11-17-26(18-12-21)42(40,41)37(25-15-13-23(32)14-16-25)20-30(38)36(19-27-28(33)9-6-10-29(27)34)22(2)31(39)35-24-7-4-3-5-8-24/h6,9-18,22,24H,3-5,7-8,19-20H2,1-2H3,(H,35,39). The van der Waals surface area contributed by atoms with Crippen LogP contribution in [-0.4, -0.2) is 43.8 Å². The van der Waals surface area contributed by atoms with Gasteiger partial charge in [-0.3, -0.25) is 13.9 Å². The van der Waals surface area contributed by atoms with Gasteiger partial charge in [-0.2, -0.15) is 0 Å². The molecule has 1 atom stereocenters. The molecule has 224 valence electrons. The molecule has 0 saturated heterocycles. The van der Waals surface area contributed by atoms with Crippen LogP contribution in [0.15, 0.2) is 76.1 Å². The van der Waals surface area contributed by atoms with Gasteiger partial charge in [-0.15, -0.1) is 0 Å². The topological polar surface area (TPSA) is 86.8 Å². The minimum atomic E-state index is -4.15. The predicted octanol–water partition coefficient (Wildman–Crippen LogP) is 7.13. The van der Waals surface area contributed by atoms with Crippen LogP contribution in [0.4, 0.5) is 5.69 Å². The lowest BCUT2D eigenvalue weighted by Gasteiger charge is -2.33. The van der Waals surface area contributed by atoms with Crippen molar-refractivity contribution in [3.63, 3.8) is 0 Å². The van der Waals surface area contributed by atoms with Crippen LogP contribution in [0.25, 0.3) is 0 Å². The summed E-state index contributed by atoms with van der Waals surface area (Å²) >= 11 is 16.3. The Bertz CT molecular complexity index is 1490. The number of carbonyl (C=O) groups is 2. The average Bonchev–Trinajstić information content (AvgIpc) is 2.96. The summed E-state index contributed by atoms with van der Waals surface area (Å²) < 4.78 is 29.7. The Morgan fingerprint density at radius 2 is 1.55 bits per heavy atom. The Morgan fingerprint density at radius 3 is 2.14 bits per heavy atom. The van der Waals surface area contributed by atoms with E-state index in [-0.39, 0.29) is 23.4 Å². The maximum Gasteiger partial charge on any atom is 0.264 e. The normalized spacial score (nSPS) is 14.7. The van der Waals surface area contributed by atoms with E-state index in [2.05, 4.69) is 21.2 Å². The lowest BCUT2D eigenvalue weighted by Crippen LogP contribution is -2.53. The Hall–Kier alpha value is -2.59. The molecule has 3 aromatic rings. The van der Waals surface area contributed by atoms with Crippen LogP contribution in [0.3, 0.4) is 0 Å². The van der Waals surface area contributed by atoms with Crippen LogP contribution in [0.5, 0.6) is 0 Å². The summed E-state index contributed by atoms with van der Waals surface area (Å²) in [5.41, 5.74) is 1.69. The van der Waals surface area contributed by atoms with Crippen molar-refractivity contribution < 1.29 is 18.0 Å². The van der Waals surface area contributed by atoms with Gasteiger partial charge in [0.05, 0.1) is 10.6 Å². The molecule has 42 heavy (non-hydrogen) atoms. The zero-order valence-corrected chi connectivity index (χ0v) is 27.4. The molecule has 2 amide bonds. The second-order valence-corrected chi connectivity index (χ2v) is 14.1. The van der Waals surface area contributed by atoms with Gasteiger partial charge in [0.2, 0.25) is 11.8 Å². The highest BCUT2D eigenvalue weighted by Crippen LogP contribution is 2.29. The number of nitrogens with zero attached hydrogens (tertiary/aromatic N) is 2. The minimum Gasteiger partial charge on any atom is -0.352 e. The zero-order chi connectivity index (χ0) is 30.4. The second kappa shape index (κ2) is 14.3. The van der Waals surface area contributed by atoms with Crippen LogP contribution in [-0.2, 0) is 26.2 Å². The van der Waals surface area contributed by atoms with Crippen LogP contribution in [0.2, 0.25) is 10.0 Å². The van der Waals surface area contributed by atoms with Crippen molar-refractivity contribution in [2.24, 2.45) is 0 Å². The highest BCUT2D eigenvalue weighted by atomic mass is 79.9. The van der Waals surface area contributed by atoms with Gasteiger partial charge in [0.15, 0.2) is 0 Å². The van der Waals surface area contributed by atoms with Gasteiger partial charge in [0, 0.05) is 32.7 Å². The number of halogens is 3. The smallest absolute Gasteiger partial charge is 0.264 e. The molecule has 3 aromatic carbocycles. The van der Waals surface area contributed by atoms with E-state index in [1.807, 2.05) is 6.92 Å². The van der Waals surface area contributed by atoms with E-state index in [9.17, 15) is 18.0 Å². The van der Waals surface area contributed by atoms with Crippen molar-refractivity contribution in [1.82, 2.24) is 10.2 Å². The lowest BCUT2D eigenvalue weighted by atomic mass is 9.95. The van der Waals surface area contributed by atoms with Gasteiger partial charge in [-0.05, 0) is 75.2 Å². The number of benzene rings is 3. The van der Waals surface area contributed by atoms with Gasteiger partial charge in [0.25, 0.3) is 10.0 Å². The quantitative estimate of drug-likeness (QED) is 0.245. The molecule has 0 spiro atoms. The summed E-state index contributed by atoms with van der Waals surface area (Å²) in [6, 6.07) is 17.2. The highest BCUT2D eigenvalue weighted by Gasteiger charge is 2.33. The molecule has 0 aliphatic heterocycles. The van der Waals surface area contributed by atoms with Gasteiger partial charge in [0.1, 0.15) is 12.6 Å². The summed E-state index contributed by atoms with van der Waals surface area (Å²) in [4.78, 5) is 29.0. The molecule has 0 heterocycles. The summed E-state index contributed by atoms with van der Waals surface area (Å²) in [6.07, 6.45) is 4.98. The van der Waals surface area contributed by atoms with E-state index in [1.165, 1.54) is 17.0 Å². The first-order valence-electron chi connectivity index (χ1n) is 13.8.